The monoisotopic (exact) mass is 455 g/mol. The number of oxazole rings is 1. The smallest absolute Gasteiger partial charge is 0.416 e. The Labute approximate surface area is 182 Å². The van der Waals surface area contributed by atoms with Crippen molar-refractivity contribution in [2.45, 2.75) is 51.9 Å². The van der Waals surface area contributed by atoms with Crippen molar-refractivity contribution in [2.75, 3.05) is 23.4 Å². The Balaban J connectivity index is 2.00. The van der Waals surface area contributed by atoms with Crippen LogP contribution in [0, 0.1) is 0 Å². The van der Waals surface area contributed by atoms with E-state index in [0.717, 1.165) is 18.4 Å². The van der Waals surface area contributed by atoms with E-state index in [1.165, 1.54) is 11.0 Å². The number of carbonyl (C=O) groups excluding carboxylic acids is 2. The number of ether oxygens (including phenoxy) is 2. The number of alkyl halides is 3. The SMILES string of the molecule is CCOC(=O)c1coc(N[C@H]2C[C@@H](CC)N(C(=O)OCC)c3ccc(C(F)(F)F)cc32)n1. The number of aromatic nitrogens is 1. The van der Waals surface area contributed by atoms with Crippen LogP contribution in [0.25, 0.3) is 0 Å². The molecule has 0 saturated heterocycles. The van der Waals surface area contributed by atoms with Gasteiger partial charge in [0.25, 0.3) is 6.01 Å². The van der Waals surface area contributed by atoms with Crippen LogP contribution in [0.2, 0.25) is 0 Å². The molecule has 2 heterocycles. The lowest BCUT2D eigenvalue weighted by Crippen LogP contribution is -2.46. The maximum Gasteiger partial charge on any atom is 0.416 e. The van der Waals surface area contributed by atoms with Crippen molar-refractivity contribution < 1.29 is 36.7 Å². The minimum atomic E-state index is -4.56. The molecule has 0 radical (unpaired) electrons. The molecule has 1 aliphatic rings. The van der Waals surface area contributed by atoms with Crippen LogP contribution in [0.1, 0.15) is 61.3 Å². The van der Waals surface area contributed by atoms with Crippen LogP contribution in [0.4, 0.5) is 29.7 Å². The first-order valence-corrected chi connectivity index (χ1v) is 10.3. The van der Waals surface area contributed by atoms with Crippen molar-refractivity contribution >= 4 is 23.8 Å². The van der Waals surface area contributed by atoms with Crippen molar-refractivity contribution in [3.63, 3.8) is 0 Å². The minimum Gasteiger partial charge on any atom is -0.461 e. The molecule has 2 aromatic rings. The van der Waals surface area contributed by atoms with Gasteiger partial charge in [0.05, 0.1) is 30.5 Å². The first-order chi connectivity index (χ1) is 15.2. The molecule has 2 atom stereocenters. The van der Waals surface area contributed by atoms with Crippen LogP contribution in [0.5, 0.6) is 0 Å². The van der Waals surface area contributed by atoms with Crippen LogP contribution in [0.15, 0.2) is 28.9 Å². The lowest BCUT2D eigenvalue weighted by molar-refractivity contribution is -0.137. The fraction of sp³-hybridized carbons (Fsp3) is 0.476. The van der Waals surface area contributed by atoms with Gasteiger partial charge in [0.15, 0.2) is 5.69 Å². The number of amides is 1. The number of rotatable bonds is 6. The molecule has 174 valence electrons. The Bertz CT molecular complexity index is 976. The minimum absolute atomic E-state index is 0.0409. The summed E-state index contributed by atoms with van der Waals surface area (Å²) >= 11 is 0. The van der Waals surface area contributed by atoms with Gasteiger partial charge in [0.2, 0.25) is 0 Å². The summed E-state index contributed by atoms with van der Waals surface area (Å²) in [5.74, 6) is -0.673. The van der Waals surface area contributed by atoms with E-state index in [2.05, 4.69) is 10.3 Å². The third kappa shape index (κ3) is 4.81. The molecular formula is C21H24F3N3O5. The maximum atomic E-state index is 13.4. The number of hydrogen-bond donors (Lipinski definition) is 1. The molecule has 11 heteroatoms. The lowest BCUT2D eigenvalue weighted by atomic mass is 9.89. The molecule has 0 fully saturated rings. The Kier molecular flexibility index (Phi) is 6.95. The highest BCUT2D eigenvalue weighted by atomic mass is 19.4. The topological polar surface area (TPSA) is 93.9 Å². The zero-order chi connectivity index (χ0) is 23.5. The van der Waals surface area contributed by atoms with Crippen LogP contribution in [0.3, 0.4) is 0 Å². The van der Waals surface area contributed by atoms with E-state index < -0.39 is 29.8 Å². The van der Waals surface area contributed by atoms with Gasteiger partial charge >= 0.3 is 18.2 Å². The van der Waals surface area contributed by atoms with E-state index in [-0.39, 0.29) is 42.9 Å². The number of anilines is 2. The number of benzene rings is 1. The van der Waals surface area contributed by atoms with Gasteiger partial charge in [-0.25, -0.2) is 9.59 Å². The second kappa shape index (κ2) is 9.49. The fourth-order valence-electron chi connectivity index (χ4n) is 3.64. The molecule has 1 aliphatic heterocycles. The molecule has 0 saturated carbocycles. The molecule has 32 heavy (non-hydrogen) atoms. The number of nitrogens with zero attached hydrogens (tertiary/aromatic N) is 2. The second-order valence-corrected chi connectivity index (χ2v) is 7.09. The zero-order valence-corrected chi connectivity index (χ0v) is 17.9. The van der Waals surface area contributed by atoms with E-state index in [0.29, 0.717) is 12.1 Å². The molecule has 0 aliphatic carbocycles. The lowest BCUT2D eigenvalue weighted by Gasteiger charge is -2.40. The van der Waals surface area contributed by atoms with E-state index in [4.69, 9.17) is 13.9 Å². The van der Waals surface area contributed by atoms with E-state index in [1.54, 1.807) is 13.8 Å². The number of nitrogens with one attached hydrogen (secondary N) is 1. The summed E-state index contributed by atoms with van der Waals surface area (Å²) in [5, 5.41) is 2.96. The molecule has 0 bridgehead atoms. The number of carbonyl (C=O) groups is 2. The number of esters is 1. The molecule has 1 aromatic carbocycles. The average molecular weight is 455 g/mol. The predicted molar refractivity (Wildman–Crippen MR) is 108 cm³/mol. The maximum absolute atomic E-state index is 13.4. The van der Waals surface area contributed by atoms with E-state index in [1.807, 2.05) is 6.92 Å². The molecule has 0 spiro atoms. The summed E-state index contributed by atoms with van der Waals surface area (Å²) < 4.78 is 55.4. The second-order valence-electron chi connectivity index (χ2n) is 7.09. The first kappa shape index (κ1) is 23.4. The highest BCUT2D eigenvalue weighted by molar-refractivity contribution is 5.90. The molecule has 8 nitrogen and oxygen atoms in total. The van der Waals surface area contributed by atoms with Gasteiger partial charge in [-0.3, -0.25) is 4.90 Å². The summed E-state index contributed by atoms with van der Waals surface area (Å²) in [6, 6.07) is 2.17. The van der Waals surface area contributed by atoms with Crippen molar-refractivity contribution in [2.24, 2.45) is 0 Å². The average Bonchev–Trinajstić information content (AvgIpc) is 3.21. The fourth-order valence-corrected chi connectivity index (χ4v) is 3.64. The zero-order valence-electron chi connectivity index (χ0n) is 17.9. The Hall–Kier alpha value is -3.24. The number of hydrogen-bond acceptors (Lipinski definition) is 7. The first-order valence-electron chi connectivity index (χ1n) is 10.3. The van der Waals surface area contributed by atoms with Gasteiger partial charge < -0.3 is 19.2 Å². The molecular weight excluding hydrogens is 431 g/mol. The molecule has 1 N–H and O–H groups in total. The van der Waals surface area contributed by atoms with Gasteiger partial charge in [0.1, 0.15) is 6.26 Å². The predicted octanol–water partition coefficient (Wildman–Crippen LogP) is 5.17. The van der Waals surface area contributed by atoms with Crippen LogP contribution < -0.4 is 10.2 Å². The van der Waals surface area contributed by atoms with Crippen LogP contribution >= 0.6 is 0 Å². The van der Waals surface area contributed by atoms with E-state index in [9.17, 15) is 22.8 Å². The highest BCUT2D eigenvalue weighted by Crippen LogP contribution is 2.43. The Morgan fingerprint density at radius 1 is 1.22 bits per heavy atom. The standard InChI is InChI=1S/C21H24F3N3O5/c1-4-13-10-15(25-19-26-16(11-32-19)18(28)30-5-2)14-9-12(21(22,23)24)7-8-17(14)27(13)20(29)31-6-3/h7-9,11,13,15H,4-6,10H2,1-3H3,(H,25,26)/t13-,15+/m1/s1. The Morgan fingerprint density at radius 2 is 1.94 bits per heavy atom. The normalized spacial score (nSPS) is 18.1. The van der Waals surface area contributed by atoms with Crippen molar-refractivity contribution in [1.29, 1.82) is 0 Å². The summed E-state index contributed by atoms with van der Waals surface area (Å²) in [4.78, 5) is 29.8. The van der Waals surface area contributed by atoms with Gasteiger partial charge in [-0.2, -0.15) is 18.2 Å². The molecule has 0 unspecified atom stereocenters. The van der Waals surface area contributed by atoms with Gasteiger partial charge in [-0.1, -0.05) is 6.92 Å². The quantitative estimate of drug-likeness (QED) is 0.601. The summed E-state index contributed by atoms with van der Waals surface area (Å²) in [6.07, 6.45) is -3.26. The van der Waals surface area contributed by atoms with Crippen LogP contribution in [-0.4, -0.2) is 36.3 Å². The summed E-state index contributed by atoms with van der Waals surface area (Å²) in [7, 11) is 0. The third-order valence-electron chi connectivity index (χ3n) is 5.08. The van der Waals surface area contributed by atoms with Gasteiger partial charge in [0, 0.05) is 6.04 Å². The van der Waals surface area contributed by atoms with Crippen molar-refractivity contribution in [3.05, 3.63) is 41.3 Å². The van der Waals surface area contributed by atoms with Gasteiger partial charge in [-0.05, 0) is 50.5 Å². The van der Waals surface area contributed by atoms with Crippen molar-refractivity contribution in [3.8, 4) is 0 Å². The highest BCUT2D eigenvalue weighted by Gasteiger charge is 2.39. The molecule has 3 rings (SSSR count). The summed E-state index contributed by atoms with van der Waals surface area (Å²) in [6.45, 7) is 5.47. The van der Waals surface area contributed by atoms with Crippen molar-refractivity contribution in [1.82, 2.24) is 4.98 Å². The van der Waals surface area contributed by atoms with Gasteiger partial charge in [-0.15, -0.1) is 0 Å². The largest absolute Gasteiger partial charge is 0.461 e. The third-order valence-corrected chi connectivity index (χ3v) is 5.08. The van der Waals surface area contributed by atoms with Crippen LogP contribution in [-0.2, 0) is 15.7 Å². The number of halogens is 3. The molecule has 1 aromatic heterocycles. The molecule has 1 amide bonds. The van der Waals surface area contributed by atoms with E-state index >= 15 is 0 Å². The Morgan fingerprint density at radius 3 is 2.56 bits per heavy atom. The summed E-state index contributed by atoms with van der Waals surface area (Å²) in [5.41, 5.74) is -0.353. The number of fused-ring (bicyclic) bond motifs is 1.